The van der Waals surface area contributed by atoms with E-state index in [9.17, 15) is 14.4 Å². The minimum Gasteiger partial charge on any atom is -0.392 e. The maximum atomic E-state index is 11.5. The number of hydrogen-bond donors (Lipinski definition) is 1. The standard InChI is InChI=1S/C7H10N2O5/c1-8-7(6(12)9(2)3)13-4(10)5(11)14-7/h8H,1-3H3. The molecular formula is C7H10N2O5. The van der Waals surface area contributed by atoms with E-state index in [-0.39, 0.29) is 0 Å². The number of nitrogens with one attached hydrogen (secondary N) is 1. The van der Waals surface area contributed by atoms with Gasteiger partial charge in [-0.05, 0) is 7.05 Å². The van der Waals surface area contributed by atoms with Crippen LogP contribution in [0.3, 0.4) is 0 Å². The SMILES string of the molecule is CNC1(C(=O)N(C)C)OC(=O)C(=O)O1. The van der Waals surface area contributed by atoms with Crippen molar-refractivity contribution in [3.05, 3.63) is 0 Å². The van der Waals surface area contributed by atoms with Crippen molar-refractivity contribution in [1.82, 2.24) is 10.2 Å². The minimum absolute atomic E-state index is 0.667. The first-order valence-electron chi connectivity index (χ1n) is 3.80. The molecule has 1 saturated heterocycles. The van der Waals surface area contributed by atoms with E-state index in [1.54, 1.807) is 0 Å². The first-order chi connectivity index (χ1) is 6.43. The Kier molecular flexibility index (Phi) is 2.43. The first kappa shape index (κ1) is 10.5. The summed E-state index contributed by atoms with van der Waals surface area (Å²) in [5.41, 5.74) is 0. The van der Waals surface area contributed by atoms with Gasteiger partial charge in [-0.25, -0.2) is 14.9 Å². The molecule has 0 bridgehead atoms. The van der Waals surface area contributed by atoms with Crippen molar-refractivity contribution >= 4 is 17.8 Å². The number of rotatable bonds is 2. The van der Waals surface area contributed by atoms with Gasteiger partial charge in [0.25, 0.3) is 0 Å². The van der Waals surface area contributed by atoms with Gasteiger partial charge in [-0.1, -0.05) is 0 Å². The molecule has 0 unspecified atom stereocenters. The van der Waals surface area contributed by atoms with Crippen LogP contribution in [0.2, 0.25) is 0 Å². The number of cyclic esters (lactones) is 2. The van der Waals surface area contributed by atoms with E-state index in [0.717, 1.165) is 4.90 Å². The molecule has 1 aliphatic heterocycles. The summed E-state index contributed by atoms with van der Waals surface area (Å²) in [4.78, 5) is 34.2. The number of ether oxygens (including phenoxy) is 2. The highest BCUT2D eigenvalue weighted by Crippen LogP contribution is 2.19. The van der Waals surface area contributed by atoms with E-state index in [1.165, 1.54) is 21.1 Å². The summed E-state index contributed by atoms with van der Waals surface area (Å²) in [7, 11) is 4.23. The van der Waals surface area contributed by atoms with Crippen molar-refractivity contribution in [3.8, 4) is 0 Å². The second-order valence-electron chi connectivity index (χ2n) is 2.85. The normalized spacial score (nSPS) is 18.8. The number of hydrogen-bond acceptors (Lipinski definition) is 6. The molecule has 0 spiro atoms. The lowest BCUT2D eigenvalue weighted by atomic mass is 10.4. The average Bonchev–Trinajstić information content (AvgIpc) is 2.42. The lowest BCUT2D eigenvalue weighted by Crippen LogP contribution is -2.56. The summed E-state index contributed by atoms with van der Waals surface area (Å²) in [5, 5.41) is 2.34. The van der Waals surface area contributed by atoms with Crippen molar-refractivity contribution in [1.29, 1.82) is 0 Å². The molecule has 0 atom stereocenters. The quantitative estimate of drug-likeness (QED) is 0.413. The summed E-state index contributed by atoms with van der Waals surface area (Å²) in [5.74, 6) is -5.04. The van der Waals surface area contributed by atoms with Crippen LogP contribution in [0.5, 0.6) is 0 Å². The predicted octanol–water partition coefficient (Wildman–Crippen LogP) is -1.95. The van der Waals surface area contributed by atoms with Gasteiger partial charge in [-0.3, -0.25) is 4.79 Å². The highest BCUT2D eigenvalue weighted by Gasteiger charge is 2.54. The molecule has 14 heavy (non-hydrogen) atoms. The fourth-order valence-corrected chi connectivity index (χ4v) is 0.956. The van der Waals surface area contributed by atoms with Crippen molar-refractivity contribution in [3.63, 3.8) is 0 Å². The number of amides is 1. The molecule has 78 valence electrons. The summed E-state index contributed by atoms with van der Waals surface area (Å²) < 4.78 is 9.04. The Morgan fingerprint density at radius 1 is 1.29 bits per heavy atom. The smallest absolute Gasteiger partial charge is 0.392 e. The molecule has 1 rings (SSSR count). The van der Waals surface area contributed by atoms with E-state index in [4.69, 9.17) is 0 Å². The molecule has 1 fully saturated rings. The topological polar surface area (TPSA) is 84.9 Å². The van der Waals surface area contributed by atoms with Gasteiger partial charge in [-0.15, -0.1) is 0 Å². The Bertz CT molecular complexity index is 282. The molecule has 1 heterocycles. The zero-order chi connectivity index (χ0) is 10.9. The van der Waals surface area contributed by atoms with Gasteiger partial charge in [0.2, 0.25) is 0 Å². The Hall–Kier alpha value is -1.63. The lowest BCUT2D eigenvalue weighted by molar-refractivity contribution is -0.204. The van der Waals surface area contributed by atoms with Gasteiger partial charge in [-0.2, -0.15) is 0 Å². The second kappa shape index (κ2) is 3.26. The minimum atomic E-state index is -2.00. The maximum absolute atomic E-state index is 11.5. The van der Waals surface area contributed by atoms with Crippen LogP contribution >= 0.6 is 0 Å². The first-order valence-corrected chi connectivity index (χ1v) is 3.80. The zero-order valence-corrected chi connectivity index (χ0v) is 7.99. The maximum Gasteiger partial charge on any atom is 0.422 e. The molecule has 0 radical (unpaired) electrons. The van der Waals surface area contributed by atoms with Crippen LogP contribution in [0.1, 0.15) is 0 Å². The molecule has 7 nitrogen and oxygen atoms in total. The van der Waals surface area contributed by atoms with E-state index >= 15 is 0 Å². The molecule has 0 aromatic heterocycles. The molecule has 0 aromatic rings. The van der Waals surface area contributed by atoms with Crippen molar-refractivity contribution in [2.75, 3.05) is 21.1 Å². The van der Waals surface area contributed by atoms with Gasteiger partial charge in [0.15, 0.2) is 0 Å². The van der Waals surface area contributed by atoms with Crippen LogP contribution in [0.15, 0.2) is 0 Å². The van der Waals surface area contributed by atoms with Crippen LogP contribution < -0.4 is 5.32 Å². The third-order valence-corrected chi connectivity index (χ3v) is 1.66. The van der Waals surface area contributed by atoms with Crippen molar-refractivity contribution in [2.45, 2.75) is 5.91 Å². The highest BCUT2D eigenvalue weighted by molar-refractivity contribution is 6.32. The van der Waals surface area contributed by atoms with Crippen LogP contribution in [0.4, 0.5) is 0 Å². The summed E-state index contributed by atoms with van der Waals surface area (Å²) in [6.07, 6.45) is 0. The Morgan fingerprint density at radius 2 is 1.71 bits per heavy atom. The molecular weight excluding hydrogens is 192 g/mol. The summed E-state index contributed by atoms with van der Waals surface area (Å²) >= 11 is 0. The van der Waals surface area contributed by atoms with Crippen LogP contribution in [0.25, 0.3) is 0 Å². The number of carbonyl (C=O) groups excluding carboxylic acids is 3. The van der Waals surface area contributed by atoms with Crippen molar-refractivity contribution in [2.24, 2.45) is 0 Å². The monoisotopic (exact) mass is 202 g/mol. The van der Waals surface area contributed by atoms with Gasteiger partial charge in [0.1, 0.15) is 0 Å². The Balaban J connectivity index is 2.95. The van der Waals surface area contributed by atoms with E-state index in [0.29, 0.717) is 0 Å². The second-order valence-corrected chi connectivity index (χ2v) is 2.85. The molecule has 1 N–H and O–H groups in total. The number of carbonyl (C=O) groups is 3. The van der Waals surface area contributed by atoms with Crippen LogP contribution in [-0.4, -0.2) is 49.8 Å². The largest absolute Gasteiger partial charge is 0.422 e. The molecule has 0 aliphatic carbocycles. The average molecular weight is 202 g/mol. The predicted molar refractivity (Wildman–Crippen MR) is 42.7 cm³/mol. The molecule has 7 heteroatoms. The number of nitrogens with zero attached hydrogens (tertiary/aromatic N) is 1. The zero-order valence-electron chi connectivity index (χ0n) is 7.99. The third kappa shape index (κ3) is 1.41. The molecule has 0 aromatic carbocycles. The van der Waals surface area contributed by atoms with E-state index in [1.807, 2.05) is 0 Å². The molecule has 0 saturated carbocycles. The summed E-state index contributed by atoms with van der Waals surface area (Å²) in [6.45, 7) is 0. The lowest BCUT2D eigenvalue weighted by Gasteiger charge is -2.25. The fourth-order valence-electron chi connectivity index (χ4n) is 0.956. The highest BCUT2D eigenvalue weighted by atomic mass is 16.8. The van der Waals surface area contributed by atoms with E-state index < -0.39 is 23.8 Å². The fraction of sp³-hybridized carbons (Fsp3) is 0.571. The number of likely N-dealkylation sites (N-methyl/N-ethyl adjacent to an activating group) is 2. The Morgan fingerprint density at radius 3 is 2.00 bits per heavy atom. The third-order valence-electron chi connectivity index (χ3n) is 1.66. The Labute approximate surface area is 79.9 Å². The summed E-state index contributed by atoms with van der Waals surface area (Å²) in [6, 6.07) is 0. The van der Waals surface area contributed by atoms with Crippen LogP contribution in [-0.2, 0) is 23.9 Å². The van der Waals surface area contributed by atoms with Gasteiger partial charge in [0, 0.05) is 14.1 Å². The van der Waals surface area contributed by atoms with Gasteiger partial charge in [0.05, 0.1) is 0 Å². The number of esters is 2. The van der Waals surface area contributed by atoms with Gasteiger partial charge < -0.3 is 14.4 Å². The van der Waals surface area contributed by atoms with Crippen LogP contribution in [0, 0.1) is 0 Å². The molecule has 1 aliphatic rings. The van der Waals surface area contributed by atoms with Gasteiger partial charge >= 0.3 is 23.8 Å². The van der Waals surface area contributed by atoms with Crippen molar-refractivity contribution < 1.29 is 23.9 Å². The molecule has 1 amide bonds. The van der Waals surface area contributed by atoms with E-state index in [2.05, 4.69) is 14.8 Å².